The van der Waals surface area contributed by atoms with Crippen LogP contribution >= 0.6 is 15.9 Å². The number of nitrogens with zero attached hydrogens (tertiary/aromatic N) is 1. The zero-order valence-corrected chi connectivity index (χ0v) is 11.2. The van der Waals surface area contributed by atoms with Crippen LogP contribution in [0, 0.1) is 0 Å². The number of nitrogens with two attached hydrogens (primary N) is 1. The van der Waals surface area contributed by atoms with Crippen molar-refractivity contribution in [1.29, 1.82) is 0 Å². The highest BCUT2D eigenvalue weighted by molar-refractivity contribution is 9.10. The first-order chi connectivity index (χ1) is 8.97. The lowest BCUT2D eigenvalue weighted by Crippen LogP contribution is -2.13. The molecule has 1 aromatic carbocycles. The van der Waals surface area contributed by atoms with Gasteiger partial charge in [0, 0.05) is 5.56 Å². The molecule has 6 nitrogen and oxygen atoms in total. The largest absolute Gasteiger partial charge is 0.504 e. The molecule has 1 heterocycles. The van der Waals surface area contributed by atoms with Gasteiger partial charge in [0.2, 0.25) is 0 Å². The summed E-state index contributed by atoms with van der Waals surface area (Å²) in [5.41, 5.74) is 6.20. The van der Waals surface area contributed by atoms with Crippen LogP contribution in [-0.2, 0) is 0 Å². The third-order valence-electron chi connectivity index (χ3n) is 2.33. The van der Waals surface area contributed by atoms with Crippen LogP contribution in [0.5, 0.6) is 11.5 Å². The lowest BCUT2D eigenvalue weighted by molar-refractivity contribution is 0.102. The smallest absolute Gasteiger partial charge is 0.256 e. The molecule has 1 aromatic heterocycles. The Hall–Kier alpha value is -2.28. The number of halogens is 1. The van der Waals surface area contributed by atoms with Crippen LogP contribution in [-0.4, -0.2) is 21.1 Å². The molecule has 0 unspecified atom stereocenters. The Morgan fingerprint density at radius 1 is 1.26 bits per heavy atom. The number of carbonyl (C=O) groups is 1. The molecule has 0 aliphatic heterocycles. The van der Waals surface area contributed by atoms with E-state index in [-0.39, 0.29) is 17.1 Å². The number of hydrogen-bond donors (Lipinski definition) is 4. The van der Waals surface area contributed by atoms with E-state index in [9.17, 15) is 15.0 Å². The van der Waals surface area contributed by atoms with Gasteiger partial charge >= 0.3 is 0 Å². The highest BCUT2D eigenvalue weighted by atomic mass is 79.9. The molecule has 98 valence electrons. The van der Waals surface area contributed by atoms with Gasteiger partial charge in [0.15, 0.2) is 11.5 Å². The SMILES string of the molecule is Nc1cnc(NC(=O)c2ccc(O)c(O)c2)c(Br)c1. The van der Waals surface area contributed by atoms with Crippen LogP contribution in [0.25, 0.3) is 0 Å². The standard InChI is InChI=1S/C12H10BrN3O3/c13-8-4-7(14)5-15-11(8)16-12(19)6-1-2-9(17)10(18)3-6/h1-5,17-18H,14H2,(H,15,16,19). The van der Waals surface area contributed by atoms with E-state index in [1.165, 1.54) is 18.3 Å². The van der Waals surface area contributed by atoms with E-state index in [1.807, 2.05) is 0 Å². The summed E-state index contributed by atoms with van der Waals surface area (Å²) in [6.45, 7) is 0. The normalized spacial score (nSPS) is 10.2. The van der Waals surface area contributed by atoms with E-state index >= 15 is 0 Å². The average molecular weight is 324 g/mol. The van der Waals surface area contributed by atoms with Crippen molar-refractivity contribution in [2.45, 2.75) is 0 Å². The van der Waals surface area contributed by atoms with Crippen LogP contribution in [0.2, 0.25) is 0 Å². The summed E-state index contributed by atoms with van der Waals surface area (Å²) in [4.78, 5) is 15.9. The van der Waals surface area contributed by atoms with Gasteiger partial charge in [0.25, 0.3) is 5.91 Å². The number of phenols is 2. The summed E-state index contributed by atoms with van der Waals surface area (Å²) in [6, 6.07) is 5.39. The van der Waals surface area contributed by atoms with Crippen molar-refractivity contribution >= 4 is 33.3 Å². The Morgan fingerprint density at radius 3 is 2.63 bits per heavy atom. The molecule has 0 aliphatic rings. The zero-order chi connectivity index (χ0) is 14.0. The maximum absolute atomic E-state index is 11.9. The van der Waals surface area contributed by atoms with E-state index in [0.717, 1.165) is 6.07 Å². The number of phenolic OH excluding ortho intramolecular Hbond substituents is 2. The first-order valence-corrected chi connectivity index (χ1v) is 6.01. The van der Waals surface area contributed by atoms with Crippen LogP contribution < -0.4 is 11.1 Å². The molecule has 0 bridgehead atoms. The fourth-order valence-corrected chi connectivity index (χ4v) is 1.85. The predicted octanol–water partition coefficient (Wildman–Crippen LogP) is 2.09. The third kappa shape index (κ3) is 2.94. The van der Waals surface area contributed by atoms with Crippen molar-refractivity contribution in [3.63, 3.8) is 0 Å². The average Bonchev–Trinajstić information content (AvgIpc) is 2.36. The van der Waals surface area contributed by atoms with Crippen molar-refractivity contribution < 1.29 is 15.0 Å². The van der Waals surface area contributed by atoms with Crippen molar-refractivity contribution in [2.75, 3.05) is 11.1 Å². The summed E-state index contributed by atoms with van der Waals surface area (Å²) in [5, 5.41) is 21.1. The quantitative estimate of drug-likeness (QED) is 0.633. The highest BCUT2D eigenvalue weighted by Crippen LogP contribution is 2.26. The number of benzene rings is 1. The third-order valence-corrected chi connectivity index (χ3v) is 2.94. The highest BCUT2D eigenvalue weighted by Gasteiger charge is 2.11. The molecule has 5 N–H and O–H groups in total. The topological polar surface area (TPSA) is 108 Å². The minimum Gasteiger partial charge on any atom is -0.504 e. The van der Waals surface area contributed by atoms with Crippen molar-refractivity contribution in [3.05, 3.63) is 40.5 Å². The fraction of sp³-hybridized carbons (Fsp3) is 0. The maximum Gasteiger partial charge on any atom is 0.256 e. The summed E-state index contributed by atoms with van der Waals surface area (Å²) >= 11 is 3.23. The number of aromatic hydroxyl groups is 2. The van der Waals surface area contributed by atoms with Gasteiger partial charge in [-0.1, -0.05) is 0 Å². The van der Waals surface area contributed by atoms with Crippen molar-refractivity contribution in [2.24, 2.45) is 0 Å². The number of rotatable bonds is 2. The molecule has 19 heavy (non-hydrogen) atoms. The lowest BCUT2D eigenvalue weighted by Gasteiger charge is -2.07. The molecule has 2 rings (SSSR count). The van der Waals surface area contributed by atoms with Gasteiger partial charge in [0.05, 0.1) is 16.4 Å². The minimum absolute atomic E-state index is 0.195. The maximum atomic E-state index is 11.9. The minimum atomic E-state index is -0.465. The van der Waals surface area contributed by atoms with Gasteiger partial charge < -0.3 is 21.3 Å². The van der Waals surface area contributed by atoms with Crippen LogP contribution in [0.1, 0.15) is 10.4 Å². The Kier molecular flexibility index (Phi) is 3.57. The monoisotopic (exact) mass is 323 g/mol. The molecule has 0 saturated carbocycles. The molecular weight excluding hydrogens is 314 g/mol. The Balaban J connectivity index is 2.23. The second kappa shape index (κ2) is 5.15. The molecular formula is C12H10BrN3O3. The summed E-state index contributed by atoms with van der Waals surface area (Å²) in [5.74, 6) is -0.805. The van der Waals surface area contributed by atoms with Gasteiger partial charge in [-0.3, -0.25) is 4.79 Å². The number of aromatic nitrogens is 1. The van der Waals surface area contributed by atoms with Crippen molar-refractivity contribution in [1.82, 2.24) is 4.98 Å². The zero-order valence-electron chi connectivity index (χ0n) is 9.59. The lowest BCUT2D eigenvalue weighted by atomic mass is 10.2. The van der Waals surface area contributed by atoms with Gasteiger partial charge in [-0.15, -0.1) is 0 Å². The van der Waals surface area contributed by atoms with E-state index in [0.29, 0.717) is 16.0 Å². The Bertz CT molecular complexity index is 646. The van der Waals surface area contributed by atoms with E-state index in [2.05, 4.69) is 26.2 Å². The number of hydrogen-bond acceptors (Lipinski definition) is 5. The molecule has 0 aliphatic carbocycles. The summed E-state index contributed by atoms with van der Waals surface area (Å²) < 4.78 is 0.545. The predicted molar refractivity (Wildman–Crippen MR) is 74.1 cm³/mol. The van der Waals surface area contributed by atoms with Gasteiger partial charge in [-0.2, -0.15) is 0 Å². The molecule has 0 fully saturated rings. The van der Waals surface area contributed by atoms with E-state index in [4.69, 9.17) is 5.73 Å². The molecule has 7 heteroatoms. The van der Waals surface area contributed by atoms with Crippen LogP contribution in [0.3, 0.4) is 0 Å². The van der Waals surface area contributed by atoms with E-state index in [1.54, 1.807) is 6.07 Å². The molecule has 0 spiro atoms. The van der Waals surface area contributed by atoms with Gasteiger partial charge in [0.1, 0.15) is 5.82 Å². The number of pyridine rings is 1. The summed E-state index contributed by atoms with van der Waals surface area (Å²) in [6.07, 6.45) is 1.41. The van der Waals surface area contributed by atoms with Gasteiger partial charge in [-0.05, 0) is 40.2 Å². The number of nitrogens with one attached hydrogen (secondary N) is 1. The first kappa shape index (κ1) is 13.2. The number of nitrogen functional groups attached to an aromatic ring is 1. The second-order valence-electron chi connectivity index (χ2n) is 3.76. The number of amides is 1. The van der Waals surface area contributed by atoms with Crippen LogP contribution in [0.4, 0.5) is 11.5 Å². The fourth-order valence-electron chi connectivity index (χ4n) is 1.39. The number of anilines is 2. The Morgan fingerprint density at radius 2 is 2.00 bits per heavy atom. The van der Waals surface area contributed by atoms with Gasteiger partial charge in [-0.25, -0.2) is 4.98 Å². The molecule has 0 atom stereocenters. The van der Waals surface area contributed by atoms with Crippen molar-refractivity contribution in [3.8, 4) is 11.5 Å². The molecule has 0 radical (unpaired) electrons. The molecule has 0 saturated heterocycles. The van der Waals surface area contributed by atoms with E-state index < -0.39 is 5.91 Å². The summed E-state index contributed by atoms with van der Waals surface area (Å²) in [7, 11) is 0. The molecule has 1 amide bonds. The van der Waals surface area contributed by atoms with Crippen LogP contribution in [0.15, 0.2) is 34.9 Å². The molecule has 2 aromatic rings. The second-order valence-corrected chi connectivity index (χ2v) is 4.61. The Labute approximate surface area is 117 Å². The first-order valence-electron chi connectivity index (χ1n) is 5.21. The number of carbonyl (C=O) groups excluding carboxylic acids is 1.